The third-order valence-corrected chi connectivity index (χ3v) is 6.82. The van der Waals surface area contributed by atoms with Crippen LogP contribution in [0.2, 0.25) is 0 Å². The number of fused-ring (bicyclic) bond motifs is 3. The highest BCUT2D eigenvalue weighted by Crippen LogP contribution is 2.44. The van der Waals surface area contributed by atoms with E-state index in [1.54, 1.807) is 0 Å². The van der Waals surface area contributed by atoms with Crippen LogP contribution in [0.5, 0.6) is 5.75 Å². The first kappa shape index (κ1) is 22.2. The third-order valence-electron chi connectivity index (χ3n) is 6.82. The topological polar surface area (TPSA) is 40.3 Å². The van der Waals surface area contributed by atoms with Crippen LogP contribution < -0.4 is 10.1 Å². The molecule has 5 rings (SSSR count). The van der Waals surface area contributed by atoms with Gasteiger partial charge in [0.15, 0.2) is 0 Å². The number of benzene rings is 2. The largest absolute Gasteiger partial charge is 0.488 e. The summed E-state index contributed by atoms with van der Waals surface area (Å²) < 4.78 is 65.7. The van der Waals surface area contributed by atoms with E-state index in [9.17, 15) is 8.78 Å². The van der Waals surface area contributed by atoms with Crippen LogP contribution in [0.25, 0.3) is 10.9 Å². The van der Waals surface area contributed by atoms with Gasteiger partial charge in [0.25, 0.3) is 5.92 Å². The molecule has 176 valence electrons. The van der Waals surface area contributed by atoms with E-state index in [4.69, 9.17) is 4.74 Å². The minimum Gasteiger partial charge on any atom is -0.488 e. The monoisotopic (exact) mass is 461 g/mol. The fourth-order valence-electron chi connectivity index (χ4n) is 4.87. The van der Waals surface area contributed by atoms with Crippen molar-refractivity contribution in [2.75, 3.05) is 19.6 Å². The number of nitrogens with one attached hydrogen (secondary N) is 2. The normalized spacial score (nSPS) is 21.8. The SMILES string of the molecule is CCC(F)(F)CN1[C@H](c2c(F)cc(OC3CNC3)cc2F)c2[nH]c3ccccc3c2C[C@H]1C. The van der Waals surface area contributed by atoms with Crippen molar-refractivity contribution in [1.29, 1.82) is 0 Å². The fraction of sp³-hybridized carbons (Fsp3) is 0.440. The Morgan fingerprint density at radius 3 is 2.45 bits per heavy atom. The van der Waals surface area contributed by atoms with E-state index in [0.29, 0.717) is 25.2 Å². The number of hydrogen-bond donors (Lipinski definition) is 2. The van der Waals surface area contributed by atoms with Crippen molar-refractivity contribution in [3.8, 4) is 5.75 Å². The molecule has 4 nitrogen and oxygen atoms in total. The number of para-hydroxylation sites is 1. The molecule has 0 radical (unpaired) electrons. The Hall–Kier alpha value is -2.58. The molecule has 0 spiro atoms. The van der Waals surface area contributed by atoms with E-state index in [1.165, 1.54) is 11.8 Å². The molecule has 3 aromatic rings. The van der Waals surface area contributed by atoms with Crippen LogP contribution >= 0.6 is 0 Å². The number of nitrogens with zero attached hydrogens (tertiary/aromatic N) is 1. The molecule has 0 bridgehead atoms. The zero-order valence-corrected chi connectivity index (χ0v) is 18.6. The summed E-state index contributed by atoms with van der Waals surface area (Å²) in [5.41, 5.74) is 2.07. The van der Waals surface area contributed by atoms with Crippen molar-refractivity contribution in [3.63, 3.8) is 0 Å². The van der Waals surface area contributed by atoms with Crippen LogP contribution in [0.15, 0.2) is 36.4 Å². The van der Waals surface area contributed by atoms with Crippen molar-refractivity contribution in [2.24, 2.45) is 0 Å². The van der Waals surface area contributed by atoms with Crippen molar-refractivity contribution in [3.05, 3.63) is 64.9 Å². The molecule has 1 saturated heterocycles. The Kier molecular flexibility index (Phi) is 5.61. The fourth-order valence-corrected chi connectivity index (χ4v) is 4.87. The molecule has 2 atom stereocenters. The van der Waals surface area contributed by atoms with Gasteiger partial charge >= 0.3 is 0 Å². The lowest BCUT2D eigenvalue weighted by molar-refractivity contribution is -0.0551. The summed E-state index contributed by atoms with van der Waals surface area (Å²) in [6, 6.07) is 8.58. The smallest absolute Gasteiger partial charge is 0.260 e. The van der Waals surface area contributed by atoms with E-state index in [-0.39, 0.29) is 29.9 Å². The number of ether oxygens (including phenoxy) is 1. The standard InChI is InChI=1S/C25H27F4N3O/c1-3-25(28,29)13-32-14(2)8-18-17-6-4-5-7-21(17)31-23(18)24(32)22-19(26)9-15(10-20(22)27)33-16-11-30-12-16/h4-7,9-10,14,16,24,30-31H,3,8,11-13H2,1-2H3/t14-,24-/m1/s1. The average Bonchev–Trinajstić information content (AvgIpc) is 3.10. The maximum absolute atomic E-state index is 15.5. The van der Waals surface area contributed by atoms with Gasteiger partial charge < -0.3 is 15.0 Å². The molecule has 2 aliphatic rings. The van der Waals surface area contributed by atoms with Crippen molar-refractivity contribution < 1.29 is 22.3 Å². The second-order valence-corrected chi connectivity index (χ2v) is 9.10. The summed E-state index contributed by atoms with van der Waals surface area (Å²) in [5.74, 6) is -4.48. The molecule has 2 aromatic carbocycles. The van der Waals surface area contributed by atoms with Gasteiger partial charge in [-0.05, 0) is 25.0 Å². The first-order valence-corrected chi connectivity index (χ1v) is 11.4. The maximum atomic E-state index is 15.5. The minimum atomic E-state index is -2.98. The molecule has 1 fully saturated rings. The number of aromatic nitrogens is 1. The van der Waals surface area contributed by atoms with E-state index in [0.717, 1.165) is 28.6 Å². The van der Waals surface area contributed by atoms with E-state index in [1.807, 2.05) is 31.2 Å². The van der Waals surface area contributed by atoms with E-state index < -0.39 is 30.1 Å². The molecule has 2 aliphatic heterocycles. The molecule has 0 saturated carbocycles. The Labute approximate surface area is 189 Å². The zero-order chi connectivity index (χ0) is 23.3. The number of alkyl halides is 2. The highest BCUT2D eigenvalue weighted by atomic mass is 19.3. The van der Waals surface area contributed by atoms with Gasteiger partial charge in [-0.15, -0.1) is 0 Å². The molecule has 0 amide bonds. The first-order chi connectivity index (χ1) is 15.8. The maximum Gasteiger partial charge on any atom is 0.260 e. The molecular formula is C25H27F4N3O. The van der Waals surface area contributed by atoms with Crippen molar-refractivity contribution in [1.82, 2.24) is 15.2 Å². The first-order valence-electron chi connectivity index (χ1n) is 11.4. The van der Waals surface area contributed by atoms with Crippen LogP contribution in [-0.4, -0.2) is 47.6 Å². The number of H-pyrrole nitrogens is 1. The predicted molar refractivity (Wildman–Crippen MR) is 119 cm³/mol. The lowest BCUT2D eigenvalue weighted by Gasteiger charge is -2.42. The molecule has 0 unspecified atom stereocenters. The van der Waals surface area contributed by atoms with Crippen molar-refractivity contribution in [2.45, 2.75) is 50.8 Å². The van der Waals surface area contributed by atoms with E-state index >= 15 is 8.78 Å². The highest BCUT2D eigenvalue weighted by Gasteiger charge is 2.43. The second kappa shape index (κ2) is 8.33. The molecule has 2 N–H and O–H groups in total. The summed E-state index contributed by atoms with van der Waals surface area (Å²) in [5, 5.41) is 3.99. The number of rotatable bonds is 6. The zero-order valence-electron chi connectivity index (χ0n) is 18.6. The Bertz CT molecular complexity index is 1150. The number of aromatic amines is 1. The molecule has 1 aromatic heterocycles. The molecule has 3 heterocycles. The number of halogens is 4. The van der Waals surface area contributed by atoms with Gasteiger partial charge in [-0.3, -0.25) is 4.90 Å². The van der Waals surface area contributed by atoms with E-state index in [2.05, 4.69) is 10.3 Å². The van der Waals surface area contributed by atoms with Gasteiger partial charge in [0.1, 0.15) is 23.5 Å². The molecular weight excluding hydrogens is 434 g/mol. The van der Waals surface area contributed by atoms with Gasteiger partial charge in [0.05, 0.1) is 12.6 Å². The summed E-state index contributed by atoms with van der Waals surface area (Å²) in [7, 11) is 0. The van der Waals surface area contributed by atoms with Crippen LogP contribution in [-0.2, 0) is 6.42 Å². The van der Waals surface area contributed by atoms with Gasteiger partial charge in [-0.25, -0.2) is 17.6 Å². The van der Waals surface area contributed by atoms with Crippen molar-refractivity contribution >= 4 is 10.9 Å². The Balaban J connectivity index is 1.64. The van der Waals surface area contributed by atoms with Gasteiger partial charge in [-0.1, -0.05) is 25.1 Å². The summed E-state index contributed by atoms with van der Waals surface area (Å²) >= 11 is 0. The van der Waals surface area contributed by atoms with Crippen LogP contribution in [0, 0.1) is 11.6 Å². The van der Waals surface area contributed by atoms with Gasteiger partial charge in [-0.2, -0.15) is 0 Å². The average molecular weight is 462 g/mol. The molecule has 8 heteroatoms. The quantitative estimate of drug-likeness (QED) is 0.497. The van der Waals surface area contributed by atoms with Gasteiger partial charge in [0, 0.05) is 59.8 Å². The lowest BCUT2D eigenvalue weighted by atomic mass is 9.87. The molecule has 33 heavy (non-hydrogen) atoms. The third kappa shape index (κ3) is 3.99. The Morgan fingerprint density at radius 2 is 1.82 bits per heavy atom. The highest BCUT2D eigenvalue weighted by molar-refractivity contribution is 5.85. The number of hydrogen-bond acceptors (Lipinski definition) is 3. The van der Waals surface area contributed by atoms with Crippen LogP contribution in [0.4, 0.5) is 17.6 Å². The summed E-state index contributed by atoms with van der Waals surface area (Å²) in [6.45, 7) is 3.89. The predicted octanol–water partition coefficient (Wildman–Crippen LogP) is 5.18. The lowest BCUT2D eigenvalue weighted by Crippen LogP contribution is -2.50. The minimum absolute atomic E-state index is 0.103. The second-order valence-electron chi connectivity index (χ2n) is 9.10. The summed E-state index contributed by atoms with van der Waals surface area (Å²) in [4.78, 5) is 4.81. The summed E-state index contributed by atoms with van der Waals surface area (Å²) in [6.07, 6.45) is 0.0224. The Morgan fingerprint density at radius 1 is 1.12 bits per heavy atom. The molecule has 0 aliphatic carbocycles. The van der Waals surface area contributed by atoms with Crippen LogP contribution in [0.3, 0.4) is 0 Å². The van der Waals surface area contributed by atoms with Crippen LogP contribution in [0.1, 0.15) is 43.1 Å². The van der Waals surface area contributed by atoms with Gasteiger partial charge in [0.2, 0.25) is 0 Å².